The number of rotatable bonds is 6. The minimum Gasteiger partial charge on any atom is -0.309 e. The quantitative estimate of drug-likeness (QED) is 0.840. The molecule has 0 aliphatic carbocycles. The predicted octanol–water partition coefficient (Wildman–Crippen LogP) is 4.11. The third-order valence-corrected chi connectivity index (χ3v) is 3.56. The monoisotopic (exact) mass is 277 g/mol. The molecular weight excluding hydrogens is 259 g/mol. The van der Waals surface area contributed by atoms with Crippen LogP contribution in [0, 0.1) is 0 Å². The van der Waals surface area contributed by atoms with Gasteiger partial charge in [-0.05, 0) is 23.9 Å². The van der Waals surface area contributed by atoms with E-state index < -0.39 is 11.7 Å². The van der Waals surface area contributed by atoms with E-state index in [1.165, 1.54) is 6.07 Å². The summed E-state index contributed by atoms with van der Waals surface area (Å²) in [6.07, 6.45) is -4.29. The van der Waals surface area contributed by atoms with Crippen molar-refractivity contribution in [2.45, 2.75) is 26.1 Å². The fourth-order valence-electron chi connectivity index (χ4n) is 1.80. The summed E-state index contributed by atoms with van der Waals surface area (Å²) in [7, 11) is 0. The molecule has 0 saturated heterocycles. The number of hydrogen-bond donors (Lipinski definition) is 1. The van der Waals surface area contributed by atoms with Crippen molar-refractivity contribution in [1.82, 2.24) is 5.32 Å². The molecule has 0 bridgehead atoms. The van der Waals surface area contributed by atoms with Crippen molar-refractivity contribution in [1.29, 1.82) is 0 Å². The summed E-state index contributed by atoms with van der Waals surface area (Å²) in [5, 5.41) is 3.13. The minimum absolute atomic E-state index is 0.252. The van der Waals surface area contributed by atoms with Gasteiger partial charge in [0.05, 0.1) is 5.56 Å². The van der Waals surface area contributed by atoms with Gasteiger partial charge >= 0.3 is 6.18 Å². The number of nitrogens with one attached hydrogen (secondary N) is 1. The summed E-state index contributed by atoms with van der Waals surface area (Å²) >= 11 is 1.64. The number of benzene rings is 1. The van der Waals surface area contributed by atoms with Gasteiger partial charge in [0.15, 0.2) is 0 Å². The van der Waals surface area contributed by atoms with Gasteiger partial charge in [0, 0.05) is 11.8 Å². The molecule has 0 heterocycles. The lowest BCUT2D eigenvalue weighted by molar-refractivity contribution is -0.138. The van der Waals surface area contributed by atoms with E-state index in [2.05, 4.69) is 5.32 Å². The molecule has 18 heavy (non-hydrogen) atoms. The Balaban J connectivity index is 3.03. The molecule has 1 aromatic rings. The second-order valence-corrected chi connectivity index (χ2v) is 5.17. The van der Waals surface area contributed by atoms with Crippen molar-refractivity contribution in [3.05, 3.63) is 35.4 Å². The first-order valence-corrected chi connectivity index (χ1v) is 7.13. The molecule has 1 aromatic carbocycles. The van der Waals surface area contributed by atoms with Gasteiger partial charge in [-0.1, -0.05) is 32.0 Å². The first-order valence-electron chi connectivity index (χ1n) is 5.98. The van der Waals surface area contributed by atoms with Crippen LogP contribution >= 0.6 is 11.8 Å². The topological polar surface area (TPSA) is 12.0 Å². The van der Waals surface area contributed by atoms with E-state index in [0.717, 1.165) is 11.8 Å². The third kappa shape index (κ3) is 4.21. The standard InChI is InChI=1S/C13H18F3NS/c1-3-17-12(9-18-4-2)10-7-5-6-8-11(10)13(14,15)16/h5-8,12,17H,3-4,9H2,1-2H3. The zero-order valence-electron chi connectivity index (χ0n) is 10.6. The number of alkyl halides is 3. The van der Waals surface area contributed by atoms with E-state index >= 15 is 0 Å². The molecule has 0 saturated carbocycles. The highest BCUT2D eigenvalue weighted by Crippen LogP contribution is 2.35. The highest BCUT2D eigenvalue weighted by molar-refractivity contribution is 7.99. The molecule has 0 amide bonds. The Labute approximate surface area is 110 Å². The summed E-state index contributed by atoms with van der Waals surface area (Å²) < 4.78 is 38.8. The van der Waals surface area contributed by atoms with Crippen molar-refractivity contribution in [2.24, 2.45) is 0 Å². The van der Waals surface area contributed by atoms with Crippen molar-refractivity contribution >= 4 is 11.8 Å². The summed E-state index contributed by atoms with van der Waals surface area (Å²) in [4.78, 5) is 0. The third-order valence-electron chi connectivity index (χ3n) is 2.58. The summed E-state index contributed by atoms with van der Waals surface area (Å²) in [5.41, 5.74) is -0.194. The molecule has 0 aliphatic rings. The van der Waals surface area contributed by atoms with E-state index in [1.807, 2.05) is 13.8 Å². The lowest BCUT2D eigenvalue weighted by Gasteiger charge is -2.22. The van der Waals surface area contributed by atoms with Crippen LogP contribution in [0.1, 0.15) is 31.0 Å². The number of halogens is 3. The van der Waals surface area contributed by atoms with E-state index in [1.54, 1.807) is 23.9 Å². The van der Waals surface area contributed by atoms with Crippen molar-refractivity contribution in [3.63, 3.8) is 0 Å². The van der Waals surface area contributed by atoms with Gasteiger partial charge in [-0.15, -0.1) is 0 Å². The smallest absolute Gasteiger partial charge is 0.309 e. The summed E-state index contributed by atoms with van der Waals surface area (Å²) in [5.74, 6) is 1.55. The van der Waals surface area contributed by atoms with Crippen LogP contribution in [0.4, 0.5) is 13.2 Å². The Bertz CT molecular complexity index is 365. The number of thioether (sulfide) groups is 1. The van der Waals surface area contributed by atoms with E-state index in [0.29, 0.717) is 17.9 Å². The Kier molecular flexibility index (Phi) is 6.02. The van der Waals surface area contributed by atoms with Crippen LogP contribution in [0.25, 0.3) is 0 Å². The predicted molar refractivity (Wildman–Crippen MR) is 70.9 cm³/mol. The van der Waals surface area contributed by atoms with Crippen LogP contribution < -0.4 is 5.32 Å². The van der Waals surface area contributed by atoms with E-state index in [-0.39, 0.29) is 6.04 Å². The van der Waals surface area contributed by atoms with Crippen LogP contribution in [0.15, 0.2) is 24.3 Å². The average Bonchev–Trinajstić information content (AvgIpc) is 2.33. The first-order chi connectivity index (χ1) is 8.50. The minimum atomic E-state index is -4.29. The molecule has 1 N–H and O–H groups in total. The van der Waals surface area contributed by atoms with Crippen LogP contribution in [0.5, 0.6) is 0 Å². The van der Waals surface area contributed by atoms with Crippen LogP contribution in [-0.2, 0) is 6.18 Å². The second kappa shape index (κ2) is 7.04. The second-order valence-electron chi connectivity index (χ2n) is 3.85. The first kappa shape index (κ1) is 15.4. The van der Waals surface area contributed by atoms with Gasteiger partial charge in [-0.2, -0.15) is 24.9 Å². The lowest BCUT2D eigenvalue weighted by Crippen LogP contribution is -2.26. The van der Waals surface area contributed by atoms with Crippen LogP contribution in [-0.4, -0.2) is 18.1 Å². The van der Waals surface area contributed by atoms with Gasteiger partial charge in [0.1, 0.15) is 0 Å². The Hall–Kier alpha value is -0.680. The lowest BCUT2D eigenvalue weighted by atomic mass is 10.0. The molecule has 1 atom stereocenters. The highest BCUT2D eigenvalue weighted by Gasteiger charge is 2.34. The molecule has 1 unspecified atom stereocenters. The fraction of sp³-hybridized carbons (Fsp3) is 0.538. The number of hydrogen-bond acceptors (Lipinski definition) is 2. The maximum atomic E-state index is 12.9. The highest BCUT2D eigenvalue weighted by atomic mass is 32.2. The van der Waals surface area contributed by atoms with Gasteiger partial charge in [-0.25, -0.2) is 0 Å². The molecule has 0 aromatic heterocycles. The van der Waals surface area contributed by atoms with Gasteiger partial charge in [0.25, 0.3) is 0 Å². The normalized spacial score (nSPS) is 13.6. The zero-order valence-corrected chi connectivity index (χ0v) is 11.4. The molecule has 1 nitrogen and oxygen atoms in total. The van der Waals surface area contributed by atoms with Crippen LogP contribution in [0.2, 0.25) is 0 Å². The van der Waals surface area contributed by atoms with Gasteiger partial charge in [-0.3, -0.25) is 0 Å². The molecule has 0 aliphatic heterocycles. The molecule has 0 spiro atoms. The molecule has 102 valence electrons. The fourth-order valence-corrected chi connectivity index (χ4v) is 2.57. The maximum absolute atomic E-state index is 12.9. The van der Waals surface area contributed by atoms with Crippen molar-refractivity contribution in [3.8, 4) is 0 Å². The molecule has 5 heteroatoms. The Morgan fingerprint density at radius 1 is 1.22 bits per heavy atom. The average molecular weight is 277 g/mol. The zero-order chi connectivity index (χ0) is 13.6. The van der Waals surface area contributed by atoms with Crippen LogP contribution in [0.3, 0.4) is 0 Å². The van der Waals surface area contributed by atoms with Crippen molar-refractivity contribution < 1.29 is 13.2 Å². The van der Waals surface area contributed by atoms with E-state index in [9.17, 15) is 13.2 Å². The Morgan fingerprint density at radius 2 is 1.89 bits per heavy atom. The summed E-state index contributed by atoms with van der Waals surface area (Å²) in [6.45, 7) is 4.56. The molecular formula is C13H18F3NS. The molecule has 1 rings (SSSR count). The summed E-state index contributed by atoms with van der Waals surface area (Å²) in [6, 6.07) is 5.55. The molecule has 0 fully saturated rings. The van der Waals surface area contributed by atoms with Gasteiger partial charge in [0.2, 0.25) is 0 Å². The SMILES string of the molecule is CCNC(CSCC)c1ccccc1C(F)(F)F. The maximum Gasteiger partial charge on any atom is 0.416 e. The Morgan fingerprint density at radius 3 is 2.44 bits per heavy atom. The molecule has 0 radical (unpaired) electrons. The van der Waals surface area contributed by atoms with Gasteiger partial charge < -0.3 is 5.32 Å². The van der Waals surface area contributed by atoms with Crippen molar-refractivity contribution in [2.75, 3.05) is 18.1 Å². The largest absolute Gasteiger partial charge is 0.416 e. The van der Waals surface area contributed by atoms with E-state index in [4.69, 9.17) is 0 Å².